The van der Waals surface area contributed by atoms with E-state index in [1.54, 1.807) is 12.4 Å². The molecule has 0 atom stereocenters. The average molecular weight is 457 g/mol. The van der Waals surface area contributed by atoms with Gasteiger partial charge in [0.25, 0.3) is 5.89 Å². The fourth-order valence-electron chi connectivity index (χ4n) is 4.87. The maximum atomic E-state index is 11.0. The van der Waals surface area contributed by atoms with E-state index in [1.807, 2.05) is 41.2 Å². The SMILES string of the molecule is CC1(C)Cn2ncc(-c3nc(-c4ccc(CN5CC(C(=O)O)C5)cc4)no3)c2-c2ccncc21. The van der Waals surface area contributed by atoms with Gasteiger partial charge in [-0.05, 0) is 17.2 Å². The summed E-state index contributed by atoms with van der Waals surface area (Å²) in [5, 5.41) is 17.8. The van der Waals surface area contributed by atoms with Crippen LogP contribution in [0.4, 0.5) is 0 Å². The minimum absolute atomic E-state index is 0.0772. The second-order valence-corrected chi connectivity index (χ2v) is 9.72. The Balaban J connectivity index is 1.24. The molecule has 9 heteroatoms. The van der Waals surface area contributed by atoms with Crippen LogP contribution in [0.2, 0.25) is 0 Å². The smallest absolute Gasteiger partial charge is 0.309 e. The Kier molecular flexibility index (Phi) is 4.63. The van der Waals surface area contributed by atoms with Crippen molar-refractivity contribution in [2.45, 2.75) is 32.4 Å². The molecule has 0 radical (unpaired) electrons. The number of carboxylic acid groups (broad SMARTS) is 1. The molecule has 0 aliphatic carbocycles. The summed E-state index contributed by atoms with van der Waals surface area (Å²) in [6, 6.07) is 9.99. The summed E-state index contributed by atoms with van der Waals surface area (Å²) in [4.78, 5) is 22.1. The number of nitrogens with zero attached hydrogens (tertiary/aromatic N) is 6. The third kappa shape index (κ3) is 3.40. The Morgan fingerprint density at radius 2 is 1.94 bits per heavy atom. The van der Waals surface area contributed by atoms with E-state index < -0.39 is 5.97 Å². The maximum Gasteiger partial charge on any atom is 0.309 e. The van der Waals surface area contributed by atoms with Gasteiger partial charge in [0.1, 0.15) is 0 Å². The molecule has 1 saturated heterocycles. The number of aromatic nitrogens is 5. The molecule has 2 aliphatic rings. The van der Waals surface area contributed by atoms with Crippen molar-refractivity contribution in [3.05, 3.63) is 60.0 Å². The fourth-order valence-corrected chi connectivity index (χ4v) is 4.87. The highest BCUT2D eigenvalue weighted by atomic mass is 16.5. The lowest BCUT2D eigenvalue weighted by molar-refractivity contribution is -0.147. The van der Waals surface area contributed by atoms with Crippen LogP contribution in [0.3, 0.4) is 0 Å². The summed E-state index contributed by atoms with van der Waals surface area (Å²) in [6.45, 7) is 7.05. The van der Waals surface area contributed by atoms with Gasteiger partial charge in [-0.3, -0.25) is 19.4 Å². The average Bonchev–Trinajstić information content (AvgIpc) is 3.43. The number of benzene rings is 1. The van der Waals surface area contributed by atoms with Crippen molar-refractivity contribution in [2.24, 2.45) is 5.92 Å². The quantitative estimate of drug-likeness (QED) is 0.486. The van der Waals surface area contributed by atoms with Gasteiger partial charge in [-0.2, -0.15) is 10.1 Å². The number of carboxylic acids is 1. The first-order valence-electron chi connectivity index (χ1n) is 11.3. The van der Waals surface area contributed by atoms with Crippen LogP contribution in [-0.2, 0) is 23.3 Å². The Hall–Kier alpha value is -3.85. The number of pyridine rings is 1. The molecule has 5 heterocycles. The van der Waals surface area contributed by atoms with E-state index >= 15 is 0 Å². The highest BCUT2D eigenvalue weighted by molar-refractivity contribution is 5.80. The normalized spacial score (nSPS) is 17.1. The van der Waals surface area contributed by atoms with E-state index in [2.05, 4.69) is 39.0 Å². The molecule has 34 heavy (non-hydrogen) atoms. The van der Waals surface area contributed by atoms with Gasteiger partial charge in [-0.15, -0.1) is 0 Å². The maximum absolute atomic E-state index is 11.0. The lowest BCUT2D eigenvalue weighted by Gasteiger charge is -2.36. The molecule has 4 aromatic rings. The van der Waals surface area contributed by atoms with E-state index in [1.165, 1.54) is 5.56 Å². The summed E-state index contributed by atoms with van der Waals surface area (Å²) >= 11 is 0. The van der Waals surface area contributed by atoms with Gasteiger partial charge in [0.2, 0.25) is 5.82 Å². The summed E-state index contributed by atoms with van der Waals surface area (Å²) in [5.41, 5.74) is 5.94. The van der Waals surface area contributed by atoms with Gasteiger partial charge in [-0.25, -0.2) is 0 Å². The van der Waals surface area contributed by atoms with Gasteiger partial charge in [-0.1, -0.05) is 43.3 Å². The largest absolute Gasteiger partial charge is 0.481 e. The molecule has 6 rings (SSSR count). The molecule has 0 unspecified atom stereocenters. The van der Waals surface area contributed by atoms with E-state index in [0.29, 0.717) is 24.8 Å². The standard InChI is InChI=1S/C25H24N6O3/c1-25(2)14-31-21(18-7-8-26-10-20(18)25)19(9-27-31)23-28-22(29-34-23)16-5-3-15(4-6-16)11-30-12-17(13-30)24(32)33/h3-10,17H,11-14H2,1-2H3,(H,32,33). The third-order valence-corrected chi connectivity index (χ3v) is 6.77. The highest BCUT2D eigenvalue weighted by Gasteiger charge is 2.35. The summed E-state index contributed by atoms with van der Waals surface area (Å²) < 4.78 is 7.66. The van der Waals surface area contributed by atoms with Crippen LogP contribution < -0.4 is 0 Å². The Morgan fingerprint density at radius 1 is 1.15 bits per heavy atom. The first kappa shape index (κ1) is 20.7. The molecular formula is C25H24N6O3. The number of aliphatic carboxylic acids is 1. The molecular weight excluding hydrogens is 432 g/mol. The van der Waals surface area contributed by atoms with Crippen molar-refractivity contribution < 1.29 is 14.4 Å². The zero-order valence-corrected chi connectivity index (χ0v) is 19.0. The third-order valence-electron chi connectivity index (χ3n) is 6.77. The van der Waals surface area contributed by atoms with Crippen molar-refractivity contribution in [3.8, 4) is 34.1 Å². The number of hydrogen-bond acceptors (Lipinski definition) is 7. The first-order chi connectivity index (χ1) is 16.4. The molecule has 0 amide bonds. The van der Waals surface area contributed by atoms with Gasteiger partial charge in [0, 0.05) is 48.6 Å². The second-order valence-electron chi connectivity index (χ2n) is 9.72. The van der Waals surface area contributed by atoms with Crippen LogP contribution >= 0.6 is 0 Å². The topological polar surface area (TPSA) is 110 Å². The van der Waals surface area contributed by atoms with Crippen LogP contribution in [0, 0.1) is 5.92 Å². The van der Waals surface area contributed by atoms with E-state index in [-0.39, 0.29) is 11.3 Å². The van der Waals surface area contributed by atoms with Crippen LogP contribution in [0.5, 0.6) is 0 Å². The molecule has 9 nitrogen and oxygen atoms in total. The number of hydrogen-bond donors (Lipinski definition) is 1. The molecule has 172 valence electrons. The van der Waals surface area contributed by atoms with Crippen molar-refractivity contribution in [1.82, 2.24) is 29.8 Å². The zero-order chi connectivity index (χ0) is 23.4. The van der Waals surface area contributed by atoms with Crippen molar-refractivity contribution in [2.75, 3.05) is 13.1 Å². The van der Waals surface area contributed by atoms with Gasteiger partial charge in [0.05, 0.1) is 29.9 Å². The molecule has 3 aromatic heterocycles. The highest BCUT2D eigenvalue weighted by Crippen LogP contribution is 2.43. The summed E-state index contributed by atoms with van der Waals surface area (Å²) in [7, 11) is 0. The monoisotopic (exact) mass is 456 g/mol. The number of rotatable bonds is 5. The molecule has 0 spiro atoms. The molecule has 2 aliphatic heterocycles. The summed E-state index contributed by atoms with van der Waals surface area (Å²) in [5.74, 6) is -0.0189. The fraction of sp³-hybridized carbons (Fsp3) is 0.320. The van der Waals surface area contributed by atoms with Crippen LogP contribution in [0.25, 0.3) is 34.1 Å². The van der Waals surface area contributed by atoms with E-state index in [9.17, 15) is 4.79 Å². The lowest BCUT2D eigenvalue weighted by atomic mass is 9.79. The van der Waals surface area contributed by atoms with Crippen molar-refractivity contribution >= 4 is 5.97 Å². The van der Waals surface area contributed by atoms with Crippen molar-refractivity contribution in [3.63, 3.8) is 0 Å². The molecule has 0 bridgehead atoms. The van der Waals surface area contributed by atoms with Gasteiger partial charge in [0.15, 0.2) is 0 Å². The lowest BCUT2D eigenvalue weighted by Crippen LogP contribution is -2.49. The predicted octanol–water partition coefficient (Wildman–Crippen LogP) is 3.47. The van der Waals surface area contributed by atoms with Gasteiger partial charge < -0.3 is 9.63 Å². The van der Waals surface area contributed by atoms with Crippen molar-refractivity contribution in [1.29, 1.82) is 0 Å². The van der Waals surface area contributed by atoms with E-state index in [0.717, 1.165) is 41.0 Å². The summed E-state index contributed by atoms with van der Waals surface area (Å²) in [6.07, 6.45) is 5.52. The number of carbonyl (C=O) groups is 1. The first-order valence-corrected chi connectivity index (χ1v) is 11.3. The Labute approximate surface area is 196 Å². The Bertz CT molecular complexity index is 1380. The molecule has 1 fully saturated rings. The molecule has 1 N–H and O–H groups in total. The van der Waals surface area contributed by atoms with Crippen LogP contribution in [0.1, 0.15) is 25.0 Å². The minimum Gasteiger partial charge on any atom is -0.481 e. The zero-order valence-electron chi connectivity index (χ0n) is 19.0. The minimum atomic E-state index is -0.719. The molecule has 1 aromatic carbocycles. The van der Waals surface area contributed by atoms with E-state index in [4.69, 9.17) is 9.63 Å². The molecule has 0 saturated carbocycles. The second kappa shape index (κ2) is 7.59. The number of likely N-dealkylation sites (tertiary alicyclic amines) is 1. The van der Waals surface area contributed by atoms with Gasteiger partial charge >= 0.3 is 5.97 Å². The van der Waals surface area contributed by atoms with Crippen LogP contribution in [-0.4, -0.2) is 54.0 Å². The van der Waals surface area contributed by atoms with Crippen LogP contribution in [0.15, 0.2) is 53.4 Å². The Morgan fingerprint density at radius 3 is 2.71 bits per heavy atom. The number of fused-ring (bicyclic) bond motifs is 3. The predicted molar refractivity (Wildman–Crippen MR) is 124 cm³/mol.